The highest BCUT2D eigenvalue weighted by molar-refractivity contribution is 5.98. The van der Waals surface area contributed by atoms with Crippen LogP contribution in [0.5, 0.6) is 0 Å². The molecule has 0 aromatic carbocycles. The van der Waals surface area contributed by atoms with E-state index < -0.39 is 0 Å². The maximum absolute atomic E-state index is 11.7. The zero-order valence-corrected chi connectivity index (χ0v) is 9.38. The summed E-state index contributed by atoms with van der Waals surface area (Å²) in [6.07, 6.45) is 7.34. The van der Waals surface area contributed by atoms with Crippen molar-refractivity contribution in [2.75, 3.05) is 6.54 Å². The molecule has 0 aromatic heterocycles. The lowest BCUT2D eigenvalue weighted by atomic mass is 9.82. The second-order valence-electron chi connectivity index (χ2n) is 4.76. The van der Waals surface area contributed by atoms with Gasteiger partial charge in [0.05, 0.1) is 0 Å². The molecule has 1 fully saturated rings. The minimum atomic E-state index is -0.184. The first-order valence-corrected chi connectivity index (χ1v) is 5.23. The highest BCUT2D eigenvalue weighted by atomic mass is 16.2. The summed E-state index contributed by atoms with van der Waals surface area (Å²) in [7, 11) is 0. The molecule has 1 aliphatic rings. The molecule has 0 radical (unpaired) electrons. The van der Waals surface area contributed by atoms with E-state index in [1.807, 2.05) is 13.8 Å². The molecule has 0 N–H and O–H groups in total. The van der Waals surface area contributed by atoms with E-state index in [4.69, 9.17) is 6.42 Å². The molecule has 1 rings (SSSR count). The number of hydrogen-bond donors (Lipinski definition) is 0. The molecule has 0 aliphatic carbocycles. The smallest absolute Gasteiger partial charge is 0.229 e. The maximum Gasteiger partial charge on any atom is 0.229 e. The maximum atomic E-state index is 11.7. The average Bonchev–Trinajstić information content (AvgIpc) is 2.08. The molecular formula is C12H17NO2. The molecule has 3 nitrogen and oxygen atoms in total. The highest BCUT2D eigenvalue weighted by Gasteiger charge is 2.36. The molecule has 1 saturated heterocycles. The predicted molar refractivity (Wildman–Crippen MR) is 57.8 cm³/mol. The van der Waals surface area contributed by atoms with E-state index in [1.165, 1.54) is 4.90 Å². The summed E-state index contributed by atoms with van der Waals surface area (Å²) < 4.78 is 0. The number of amides is 2. The SMILES string of the molecule is C#CCCCN1C(=O)CC(C)(C)CC1=O. The fourth-order valence-corrected chi connectivity index (χ4v) is 1.80. The van der Waals surface area contributed by atoms with Crippen LogP contribution in [0.3, 0.4) is 0 Å². The Hall–Kier alpha value is -1.30. The third-order valence-corrected chi connectivity index (χ3v) is 2.56. The number of hydrogen-bond acceptors (Lipinski definition) is 2. The number of piperidine rings is 1. The Balaban J connectivity index is 2.56. The van der Waals surface area contributed by atoms with Gasteiger partial charge in [0.25, 0.3) is 0 Å². The van der Waals surface area contributed by atoms with Crippen LogP contribution in [0.25, 0.3) is 0 Å². The lowest BCUT2D eigenvalue weighted by Crippen LogP contribution is -2.46. The first-order valence-electron chi connectivity index (χ1n) is 5.23. The van der Waals surface area contributed by atoms with Crippen molar-refractivity contribution in [3.63, 3.8) is 0 Å². The molecule has 0 bridgehead atoms. The van der Waals surface area contributed by atoms with Gasteiger partial charge >= 0.3 is 0 Å². The van der Waals surface area contributed by atoms with Gasteiger partial charge in [-0.15, -0.1) is 12.3 Å². The summed E-state index contributed by atoms with van der Waals surface area (Å²) in [5, 5.41) is 0. The second-order valence-corrected chi connectivity index (χ2v) is 4.76. The second kappa shape index (κ2) is 4.48. The molecule has 82 valence electrons. The van der Waals surface area contributed by atoms with Gasteiger partial charge in [0.2, 0.25) is 11.8 Å². The molecule has 2 amide bonds. The fraction of sp³-hybridized carbons (Fsp3) is 0.667. The van der Waals surface area contributed by atoms with Crippen LogP contribution in [0.2, 0.25) is 0 Å². The fourth-order valence-electron chi connectivity index (χ4n) is 1.80. The summed E-state index contributed by atoms with van der Waals surface area (Å²) in [5.74, 6) is 2.38. The first-order chi connectivity index (χ1) is 6.96. The normalized spacial score (nSPS) is 20.2. The van der Waals surface area contributed by atoms with E-state index in [1.54, 1.807) is 0 Å². The van der Waals surface area contributed by atoms with Gasteiger partial charge in [0.15, 0.2) is 0 Å². The van der Waals surface area contributed by atoms with Crippen molar-refractivity contribution < 1.29 is 9.59 Å². The van der Waals surface area contributed by atoms with E-state index in [2.05, 4.69) is 5.92 Å². The van der Waals surface area contributed by atoms with E-state index in [-0.39, 0.29) is 17.2 Å². The standard InChI is InChI=1S/C12H17NO2/c1-4-5-6-7-13-10(14)8-12(2,3)9-11(13)15/h1H,5-9H2,2-3H3. The summed E-state index contributed by atoms with van der Waals surface area (Å²) in [4.78, 5) is 24.7. The molecule has 1 aliphatic heterocycles. The van der Waals surface area contributed by atoms with Crippen molar-refractivity contribution in [1.29, 1.82) is 0 Å². The summed E-state index contributed by atoms with van der Waals surface area (Å²) >= 11 is 0. The molecule has 15 heavy (non-hydrogen) atoms. The number of likely N-dealkylation sites (tertiary alicyclic amines) is 1. The van der Waals surface area contributed by atoms with Gasteiger partial charge < -0.3 is 0 Å². The van der Waals surface area contributed by atoms with Crippen LogP contribution < -0.4 is 0 Å². The van der Waals surface area contributed by atoms with Crippen molar-refractivity contribution in [1.82, 2.24) is 4.90 Å². The Morgan fingerprint density at radius 3 is 2.33 bits per heavy atom. The van der Waals surface area contributed by atoms with Gasteiger partial charge in [-0.1, -0.05) is 13.8 Å². The number of carbonyl (C=O) groups excluding carboxylic acids is 2. The van der Waals surface area contributed by atoms with E-state index in [9.17, 15) is 9.59 Å². The molecule has 0 spiro atoms. The third kappa shape index (κ3) is 3.09. The number of carbonyl (C=O) groups is 2. The van der Waals surface area contributed by atoms with E-state index in [0.29, 0.717) is 32.2 Å². The average molecular weight is 207 g/mol. The topological polar surface area (TPSA) is 37.4 Å². The largest absolute Gasteiger partial charge is 0.283 e. The van der Waals surface area contributed by atoms with Gasteiger partial charge in [-0.3, -0.25) is 14.5 Å². The molecule has 0 saturated carbocycles. The van der Waals surface area contributed by atoms with Crippen LogP contribution >= 0.6 is 0 Å². The summed E-state index contributed by atoms with van der Waals surface area (Å²) in [6.45, 7) is 4.36. The highest BCUT2D eigenvalue weighted by Crippen LogP contribution is 2.31. The van der Waals surface area contributed by atoms with E-state index >= 15 is 0 Å². The van der Waals surface area contributed by atoms with Crippen molar-refractivity contribution >= 4 is 11.8 Å². The van der Waals surface area contributed by atoms with Gasteiger partial charge in [-0.05, 0) is 11.8 Å². The van der Waals surface area contributed by atoms with Crippen molar-refractivity contribution in [2.24, 2.45) is 5.41 Å². The summed E-state index contributed by atoms with van der Waals surface area (Å²) in [5.41, 5.74) is -0.184. The molecule has 1 heterocycles. The van der Waals surface area contributed by atoms with Gasteiger partial charge in [0, 0.05) is 25.8 Å². The number of nitrogens with zero attached hydrogens (tertiary/aromatic N) is 1. The van der Waals surface area contributed by atoms with Crippen LogP contribution in [0, 0.1) is 17.8 Å². The molecular weight excluding hydrogens is 190 g/mol. The van der Waals surface area contributed by atoms with Gasteiger partial charge in [-0.2, -0.15) is 0 Å². The molecule has 0 aromatic rings. The zero-order chi connectivity index (χ0) is 11.5. The Bertz CT molecular complexity index is 292. The van der Waals surface area contributed by atoms with Crippen molar-refractivity contribution in [3.8, 4) is 12.3 Å². The Labute approximate surface area is 90.8 Å². The van der Waals surface area contributed by atoms with Crippen molar-refractivity contribution in [2.45, 2.75) is 39.5 Å². The lowest BCUT2D eigenvalue weighted by Gasteiger charge is -2.34. The number of imide groups is 1. The molecule has 0 unspecified atom stereocenters. The Kier molecular flexibility index (Phi) is 3.52. The quantitative estimate of drug-likeness (QED) is 0.400. The Morgan fingerprint density at radius 2 is 1.87 bits per heavy atom. The van der Waals surface area contributed by atoms with Crippen LogP contribution in [0.1, 0.15) is 39.5 Å². The van der Waals surface area contributed by atoms with Gasteiger partial charge in [0.1, 0.15) is 0 Å². The number of rotatable bonds is 3. The van der Waals surface area contributed by atoms with Crippen LogP contribution in [0.4, 0.5) is 0 Å². The minimum absolute atomic E-state index is 0.0618. The number of terminal acetylenes is 1. The molecule has 3 heteroatoms. The third-order valence-electron chi connectivity index (χ3n) is 2.56. The van der Waals surface area contributed by atoms with Crippen molar-refractivity contribution in [3.05, 3.63) is 0 Å². The van der Waals surface area contributed by atoms with Crippen LogP contribution in [0.15, 0.2) is 0 Å². The van der Waals surface area contributed by atoms with Crippen LogP contribution in [-0.2, 0) is 9.59 Å². The van der Waals surface area contributed by atoms with Gasteiger partial charge in [-0.25, -0.2) is 0 Å². The molecule has 0 atom stereocenters. The predicted octanol–water partition coefficient (Wildman–Crippen LogP) is 1.57. The number of unbranched alkanes of at least 4 members (excludes halogenated alkanes) is 1. The van der Waals surface area contributed by atoms with E-state index in [0.717, 1.165) is 0 Å². The Morgan fingerprint density at radius 1 is 1.33 bits per heavy atom. The first kappa shape index (κ1) is 11.8. The zero-order valence-electron chi connectivity index (χ0n) is 9.38. The summed E-state index contributed by atoms with van der Waals surface area (Å²) in [6, 6.07) is 0. The minimum Gasteiger partial charge on any atom is -0.283 e. The monoisotopic (exact) mass is 207 g/mol. The lowest BCUT2D eigenvalue weighted by molar-refractivity contribution is -0.152. The van der Waals surface area contributed by atoms with Crippen LogP contribution in [-0.4, -0.2) is 23.3 Å².